The van der Waals surface area contributed by atoms with E-state index in [1.807, 2.05) is 11.9 Å². The molecule has 1 aromatic heterocycles. The molecule has 0 radical (unpaired) electrons. The number of aromatic nitrogens is 1. The summed E-state index contributed by atoms with van der Waals surface area (Å²) in [6.45, 7) is 4.69. The molecule has 30 heavy (non-hydrogen) atoms. The number of hydrogen-bond donors (Lipinski definition) is 0. The molecule has 5 atom stereocenters. The minimum absolute atomic E-state index is 0.00167. The molecule has 1 aromatic rings. The van der Waals surface area contributed by atoms with Gasteiger partial charge in [-0.05, 0) is 72.5 Å². The highest BCUT2D eigenvalue weighted by molar-refractivity contribution is 5.79. The number of halogens is 2. The number of amides is 1. The van der Waals surface area contributed by atoms with Crippen molar-refractivity contribution >= 4 is 11.5 Å². The highest BCUT2D eigenvalue weighted by atomic mass is 19.3. The van der Waals surface area contributed by atoms with Crippen LogP contribution in [0.1, 0.15) is 69.9 Å². The maximum absolute atomic E-state index is 13.2. The summed E-state index contributed by atoms with van der Waals surface area (Å²) in [6, 6.07) is 1.63. The predicted molar refractivity (Wildman–Crippen MR) is 112 cm³/mol. The molecule has 5 rings (SSSR count). The number of alkyl halides is 2. The lowest BCUT2D eigenvalue weighted by Crippen LogP contribution is -2.53. The van der Waals surface area contributed by atoms with Gasteiger partial charge in [0, 0.05) is 42.5 Å². The van der Waals surface area contributed by atoms with E-state index in [-0.39, 0.29) is 22.3 Å². The number of carbonyl (C=O) groups is 1. The van der Waals surface area contributed by atoms with Gasteiger partial charge in [-0.1, -0.05) is 26.0 Å². The van der Waals surface area contributed by atoms with E-state index in [0.717, 1.165) is 37.7 Å². The molecule has 1 amide bonds. The number of rotatable bonds is 2. The van der Waals surface area contributed by atoms with E-state index in [4.69, 9.17) is 0 Å². The molecule has 3 aliphatic carbocycles. The summed E-state index contributed by atoms with van der Waals surface area (Å²) in [4.78, 5) is 18.3. The van der Waals surface area contributed by atoms with E-state index < -0.39 is 6.43 Å². The van der Waals surface area contributed by atoms with Crippen molar-refractivity contribution in [2.24, 2.45) is 28.6 Å². The number of nitrogens with zero attached hydrogens (tertiary/aromatic N) is 2. The third-order valence-electron chi connectivity index (χ3n) is 8.92. The number of likely N-dealkylation sites (tertiary alicyclic amines) is 1. The Morgan fingerprint density at radius 1 is 1.10 bits per heavy atom. The Morgan fingerprint density at radius 2 is 1.90 bits per heavy atom. The first-order valence-corrected chi connectivity index (χ1v) is 11.2. The monoisotopic (exact) mass is 412 g/mol. The van der Waals surface area contributed by atoms with Gasteiger partial charge in [0.1, 0.15) is 0 Å². The Balaban J connectivity index is 1.47. The van der Waals surface area contributed by atoms with Crippen LogP contribution in [-0.4, -0.2) is 22.8 Å². The zero-order chi connectivity index (χ0) is 21.3. The summed E-state index contributed by atoms with van der Waals surface area (Å²) in [5, 5.41) is 0. The molecule has 0 bridgehead atoms. The summed E-state index contributed by atoms with van der Waals surface area (Å²) in [5.74, 6) is 1.89. The van der Waals surface area contributed by atoms with Crippen LogP contribution in [0.2, 0.25) is 0 Å². The topological polar surface area (TPSA) is 33.2 Å². The first kappa shape index (κ1) is 19.9. The van der Waals surface area contributed by atoms with Crippen LogP contribution in [0.4, 0.5) is 8.78 Å². The smallest absolute Gasteiger partial charge is 0.265 e. The van der Waals surface area contributed by atoms with E-state index in [1.54, 1.807) is 12.3 Å². The van der Waals surface area contributed by atoms with Crippen molar-refractivity contribution in [1.29, 1.82) is 0 Å². The van der Waals surface area contributed by atoms with Gasteiger partial charge >= 0.3 is 0 Å². The largest absolute Gasteiger partial charge is 0.319 e. The van der Waals surface area contributed by atoms with Gasteiger partial charge in [0.2, 0.25) is 5.91 Å². The molecule has 5 unspecified atom stereocenters. The second kappa shape index (κ2) is 6.73. The first-order valence-electron chi connectivity index (χ1n) is 11.2. The SMILES string of the molecule is CN1C(=O)CCC2(C)C1=CCC1C3CC=C(c4cncc(C(F)F)c4)C3(C)CCC12. The van der Waals surface area contributed by atoms with Gasteiger partial charge in [-0.15, -0.1) is 0 Å². The van der Waals surface area contributed by atoms with Crippen LogP contribution in [0.25, 0.3) is 5.57 Å². The van der Waals surface area contributed by atoms with Gasteiger partial charge in [-0.2, -0.15) is 0 Å². The van der Waals surface area contributed by atoms with Crippen molar-refractivity contribution in [2.75, 3.05) is 7.05 Å². The van der Waals surface area contributed by atoms with E-state index >= 15 is 0 Å². The van der Waals surface area contributed by atoms with Crippen molar-refractivity contribution in [3.05, 3.63) is 47.4 Å². The predicted octanol–water partition coefficient (Wildman–Crippen LogP) is 6.00. The van der Waals surface area contributed by atoms with Gasteiger partial charge in [0.25, 0.3) is 6.43 Å². The second-order valence-corrected chi connectivity index (χ2v) is 10.2. The molecule has 4 aliphatic rings. The standard InChI is InChI=1S/C25H30F2N2O/c1-24-10-8-20-17(4-7-21-25(20,2)11-9-22(30)29(21)3)19(24)6-5-18(24)15-12-16(23(26)27)14-28-13-15/h5,7,12-14,17,19-20,23H,4,6,8-11H2,1-3H3. The summed E-state index contributed by atoms with van der Waals surface area (Å²) in [7, 11) is 1.93. The number of pyridine rings is 1. The number of carbonyl (C=O) groups excluding carboxylic acids is 1. The fourth-order valence-electron chi connectivity index (χ4n) is 7.32. The molecular weight excluding hydrogens is 382 g/mol. The summed E-state index contributed by atoms with van der Waals surface area (Å²) in [6.07, 6.45) is 10.9. The maximum Gasteiger partial charge on any atom is 0.265 e. The average molecular weight is 413 g/mol. The lowest BCUT2D eigenvalue weighted by Gasteiger charge is -2.58. The number of piperidine rings is 1. The lowest BCUT2D eigenvalue weighted by molar-refractivity contribution is -0.135. The molecule has 5 heteroatoms. The summed E-state index contributed by atoms with van der Waals surface area (Å²) >= 11 is 0. The highest BCUT2D eigenvalue weighted by Gasteiger charge is 2.57. The first-order chi connectivity index (χ1) is 14.3. The fraction of sp³-hybridized carbons (Fsp3) is 0.600. The average Bonchev–Trinajstić information content (AvgIpc) is 3.08. The van der Waals surface area contributed by atoms with Crippen LogP contribution < -0.4 is 0 Å². The van der Waals surface area contributed by atoms with Gasteiger partial charge in [-0.3, -0.25) is 9.78 Å². The van der Waals surface area contributed by atoms with E-state index in [1.165, 1.54) is 17.5 Å². The Labute approximate surface area is 177 Å². The molecule has 2 heterocycles. The zero-order valence-electron chi connectivity index (χ0n) is 18.0. The van der Waals surface area contributed by atoms with Crippen molar-refractivity contribution in [3.8, 4) is 0 Å². The van der Waals surface area contributed by atoms with Crippen molar-refractivity contribution in [2.45, 2.75) is 58.8 Å². The zero-order valence-corrected chi connectivity index (χ0v) is 18.0. The van der Waals surface area contributed by atoms with E-state index in [0.29, 0.717) is 24.2 Å². The molecule has 2 fully saturated rings. The minimum atomic E-state index is -2.49. The molecule has 0 N–H and O–H groups in total. The van der Waals surface area contributed by atoms with Crippen LogP contribution >= 0.6 is 0 Å². The third-order valence-corrected chi connectivity index (χ3v) is 8.92. The Bertz CT molecular complexity index is 954. The van der Waals surface area contributed by atoms with Gasteiger partial charge in [-0.25, -0.2) is 8.78 Å². The minimum Gasteiger partial charge on any atom is -0.319 e. The van der Waals surface area contributed by atoms with Gasteiger partial charge in [0.05, 0.1) is 0 Å². The van der Waals surface area contributed by atoms with Crippen LogP contribution in [0.5, 0.6) is 0 Å². The van der Waals surface area contributed by atoms with Crippen molar-refractivity contribution in [3.63, 3.8) is 0 Å². The summed E-state index contributed by atoms with van der Waals surface area (Å²) in [5.41, 5.74) is 3.36. The summed E-state index contributed by atoms with van der Waals surface area (Å²) < 4.78 is 26.5. The van der Waals surface area contributed by atoms with E-state index in [2.05, 4.69) is 31.0 Å². The van der Waals surface area contributed by atoms with Crippen LogP contribution in [0.15, 0.2) is 36.3 Å². The highest BCUT2D eigenvalue weighted by Crippen LogP contribution is 2.66. The van der Waals surface area contributed by atoms with Gasteiger partial charge in [0.15, 0.2) is 0 Å². The van der Waals surface area contributed by atoms with Crippen LogP contribution in [0.3, 0.4) is 0 Å². The molecule has 3 nitrogen and oxygen atoms in total. The Hall–Kier alpha value is -2.04. The lowest BCUT2D eigenvalue weighted by atomic mass is 9.49. The van der Waals surface area contributed by atoms with Crippen LogP contribution in [0, 0.1) is 28.6 Å². The normalized spacial score (nSPS) is 38.0. The molecule has 1 saturated heterocycles. The van der Waals surface area contributed by atoms with Gasteiger partial charge < -0.3 is 4.90 Å². The maximum atomic E-state index is 13.2. The molecule has 160 valence electrons. The van der Waals surface area contributed by atoms with Crippen LogP contribution in [-0.2, 0) is 4.79 Å². The molecule has 1 aliphatic heterocycles. The number of allylic oxidation sites excluding steroid dienone is 4. The van der Waals surface area contributed by atoms with Crippen molar-refractivity contribution < 1.29 is 13.6 Å². The molecular formula is C25H30F2N2O. The van der Waals surface area contributed by atoms with E-state index in [9.17, 15) is 13.6 Å². The Kier molecular flexibility index (Phi) is 4.46. The quantitative estimate of drug-likeness (QED) is 0.597. The molecule has 0 spiro atoms. The number of fused-ring (bicyclic) bond motifs is 5. The number of hydrogen-bond acceptors (Lipinski definition) is 2. The molecule has 0 aromatic carbocycles. The Morgan fingerprint density at radius 3 is 2.67 bits per heavy atom. The van der Waals surface area contributed by atoms with Crippen molar-refractivity contribution in [1.82, 2.24) is 9.88 Å². The fourth-order valence-corrected chi connectivity index (χ4v) is 7.32. The molecule has 1 saturated carbocycles. The second-order valence-electron chi connectivity index (χ2n) is 10.2. The third kappa shape index (κ3) is 2.66.